The van der Waals surface area contributed by atoms with Gasteiger partial charge in [-0.25, -0.2) is 8.78 Å². The Morgan fingerprint density at radius 3 is 2.55 bits per heavy atom. The molecule has 106 valence electrons. The van der Waals surface area contributed by atoms with E-state index >= 15 is 0 Å². The zero-order valence-electron chi connectivity index (χ0n) is 11.3. The van der Waals surface area contributed by atoms with Crippen molar-refractivity contribution in [1.82, 2.24) is 0 Å². The van der Waals surface area contributed by atoms with Crippen LogP contribution in [0.25, 0.3) is 0 Å². The molecule has 0 saturated carbocycles. The molecule has 0 N–H and O–H groups in total. The van der Waals surface area contributed by atoms with Crippen LogP contribution in [0.1, 0.15) is 22.1 Å². The van der Waals surface area contributed by atoms with Crippen molar-refractivity contribution in [3.63, 3.8) is 0 Å². The summed E-state index contributed by atoms with van der Waals surface area (Å²) in [6.45, 7) is 1.52. The van der Waals surface area contributed by atoms with Gasteiger partial charge in [-0.1, -0.05) is 18.2 Å². The number of alkyl halides is 1. The van der Waals surface area contributed by atoms with E-state index in [0.29, 0.717) is 12.2 Å². The average Bonchev–Trinajstić information content (AvgIpc) is 2.43. The van der Waals surface area contributed by atoms with Crippen molar-refractivity contribution in [3.8, 4) is 5.75 Å². The molecule has 0 aromatic heterocycles. The SMILES string of the molecule is COc1ccccc1CC(Cl)c1cc(F)c(C)cc1F. The Morgan fingerprint density at radius 2 is 1.85 bits per heavy atom. The van der Waals surface area contributed by atoms with E-state index in [9.17, 15) is 8.78 Å². The lowest BCUT2D eigenvalue weighted by Gasteiger charge is -2.14. The van der Waals surface area contributed by atoms with Crippen LogP contribution in [0.3, 0.4) is 0 Å². The first-order valence-electron chi connectivity index (χ1n) is 6.24. The fourth-order valence-corrected chi connectivity index (χ4v) is 2.41. The van der Waals surface area contributed by atoms with Crippen molar-refractivity contribution in [1.29, 1.82) is 0 Å². The second-order valence-electron chi connectivity index (χ2n) is 4.61. The second-order valence-corrected chi connectivity index (χ2v) is 5.13. The van der Waals surface area contributed by atoms with Gasteiger partial charge in [-0.05, 0) is 42.7 Å². The monoisotopic (exact) mass is 296 g/mol. The van der Waals surface area contributed by atoms with Crippen LogP contribution >= 0.6 is 11.6 Å². The summed E-state index contributed by atoms with van der Waals surface area (Å²) < 4.78 is 32.7. The lowest BCUT2D eigenvalue weighted by molar-refractivity contribution is 0.409. The Balaban J connectivity index is 2.28. The number of halogens is 3. The van der Waals surface area contributed by atoms with Gasteiger partial charge in [0.1, 0.15) is 17.4 Å². The summed E-state index contributed by atoms with van der Waals surface area (Å²) in [5.74, 6) is -0.253. The summed E-state index contributed by atoms with van der Waals surface area (Å²) >= 11 is 6.24. The van der Waals surface area contributed by atoms with Crippen molar-refractivity contribution in [2.45, 2.75) is 18.7 Å². The van der Waals surface area contributed by atoms with Gasteiger partial charge in [0.15, 0.2) is 0 Å². The van der Waals surface area contributed by atoms with Gasteiger partial charge in [0.2, 0.25) is 0 Å². The maximum absolute atomic E-state index is 13.9. The van der Waals surface area contributed by atoms with E-state index in [1.165, 1.54) is 13.0 Å². The van der Waals surface area contributed by atoms with Gasteiger partial charge in [-0.3, -0.25) is 0 Å². The number of aryl methyl sites for hydroxylation is 1. The zero-order valence-corrected chi connectivity index (χ0v) is 12.0. The molecule has 20 heavy (non-hydrogen) atoms. The van der Waals surface area contributed by atoms with Crippen LogP contribution in [0.5, 0.6) is 5.75 Å². The number of hydrogen-bond donors (Lipinski definition) is 0. The average molecular weight is 297 g/mol. The van der Waals surface area contributed by atoms with E-state index in [1.807, 2.05) is 24.3 Å². The third-order valence-corrected chi connectivity index (χ3v) is 3.60. The molecule has 0 spiro atoms. The smallest absolute Gasteiger partial charge is 0.128 e. The number of hydrogen-bond acceptors (Lipinski definition) is 1. The first-order valence-corrected chi connectivity index (χ1v) is 6.68. The quantitative estimate of drug-likeness (QED) is 0.736. The highest BCUT2D eigenvalue weighted by molar-refractivity contribution is 6.21. The minimum atomic E-state index is -0.651. The number of benzene rings is 2. The molecule has 2 aromatic carbocycles. The van der Waals surface area contributed by atoms with Crippen LogP contribution in [0.4, 0.5) is 8.78 Å². The molecule has 0 aliphatic carbocycles. The molecular formula is C16H15ClF2O. The lowest BCUT2D eigenvalue weighted by Crippen LogP contribution is -2.02. The third-order valence-electron chi connectivity index (χ3n) is 3.21. The van der Waals surface area contributed by atoms with Gasteiger partial charge >= 0.3 is 0 Å². The Morgan fingerprint density at radius 1 is 1.15 bits per heavy atom. The maximum Gasteiger partial charge on any atom is 0.128 e. The third kappa shape index (κ3) is 3.10. The molecule has 2 aromatic rings. The van der Waals surface area contributed by atoms with Crippen molar-refractivity contribution >= 4 is 11.6 Å². The molecule has 0 aliphatic heterocycles. The summed E-state index contributed by atoms with van der Waals surface area (Å²) in [6, 6.07) is 9.70. The predicted molar refractivity (Wildman–Crippen MR) is 76.4 cm³/mol. The molecule has 0 saturated heterocycles. The molecule has 0 bridgehead atoms. The van der Waals surface area contributed by atoms with E-state index in [0.717, 1.165) is 11.6 Å². The van der Waals surface area contributed by atoms with Crippen LogP contribution in [-0.2, 0) is 6.42 Å². The number of rotatable bonds is 4. The molecule has 2 rings (SSSR count). The van der Waals surface area contributed by atoms with Crippen LogP contribution in [-0.4, -0.2) is 7.11 Å². The molecule has 0 heterocycles. The predicted octanol–water partition coefficient (Wildman–Crippen LogP) is 4.80. The van der Waals surface area contributed by atoms with Crippen molar-refractivity contribution in [2.24, 2.45) is 0 Å². The molecule has 4 heteroatoms. The molecule has 0 aliphatic rings. The number of ether oxygens (including phenoxy) is 1. The highest BCUT2D eigenvalue weighted by Gasteiger charge is 2.17. The van der Waals surface area contributed by atoms with Gasteiger partial charge in [-0.15, -0.1) is 11.6 Å². The van der Waals surface area contributed by atoms with Gasteiger partial charge in [0, 0.05) is 5.56 Å². The lowest BCUT2D eigenvalue weighted by atomic mass is 10.0. The Bertz CT molecular complexity index is 613. The van der Waals surface area contributed by atoms with Crippen molar-refractivity contribution in [3.05, 3.63) is 64.7 Å². The summed E-state index contributed by atoms with van der Waals surface area (Å²) in [7, 11) is 1.56. The molecule has 0 radical (unpaired) electrons. The standard InChI is InChI=1S/C16H15ClF2O/c1-10-7-15(19)12(9-14(10)18)13(17)8-11-5-3-4-6-16(11)20-2/h3-7,9,13H,8H2,1-2H3. The second kappa shape index (κ2) is 6.23. The van der Waals surface area contributed by atoms with Gasteiger partial charge in [0.25, 0.3) is 0 Å². The molecule has 1 atom stereocenters. The maximum atomic E-state index is 13.9. The molecule has 1 nitrogen and oxygen atoms in total. The zero-order chi connectivity index (χ0) is 14.7. The highest BCUT2D eigenvalue weighted by atomic mass is 35.5. The normalized spacial score (nSPS) is 12.2. The van der Waals surface area contributed by atoms with E-state index < -0.39 is 17.0 Å². The number of para-hydroxylation sites is 1. The first-order chi connectivity index (χ1) is 9.52. The molecule has 0 amide bonds. The fourth-order valence-electron chi connectivity index (χ4n) is 2.08. The largest absolute Gasteiger partial charge is 0.496 e. The molecule has 1 unspecified atom stereocenters. The van der Waals surface area contributed by atoms with Gasteiger partial charge < -0.3 is 4.74 Å². The van der Waals surface area contributed by atoms with Crippen LogP contribution in [0, 0.1) is 18.6 Å². The van der Waals surface area contributed by atoms with Crippen LogP contribution in [0.15, 0.2) is 36.4 Å². The Labute approximate surface area is 122 Å². The summed E-state index contributed by atoms with van der Waals surface area (Å²) in [6.07, 6.45) is 0.366. The van der Waals surface area contributed by atoms with Crippen LogP contribution in [0.2, 0.25) is 0 Å². The van der Waals surface area contributed by atoms with Gasteiger partial charge in [-0.2, -0.15) is 0 Å². The highest BCUT2D eigenvalue weighted by Crippen LogP contribution is 2.31. The first kappa shape index (κ1) is 14.8. The topological polar surface area (TPSA) is 9.23 Å². The Kier molecular flexibility index (Phi) is 4.61. The summed E-state index contributed by atoms with van der Waals surface area (Å²) in [4.78, 5) is 0. The van der Waals surface area contributed by atoms with E-state index in [2.05, 4.69) is 0 Å². The van der Waals surface area contributed by atoms with E-state index in [1.54, 1.807) is 7.11 Å². The minimum absolute atomic E-state index is 0.167. The molecule has 0 fully saturated rings. The van der Waals surface area contributed by atoms with Crippen LogP contribution < -0.4 is 4.74 Å². The fraction of sp³-hybridized carbons (Fsp3) is 0.250. The van der Waals surface area contributed by atoms with E-state index in [-0.39, 0.29) is 11.1 Å². The Hall–Kier alpha value is -1.61. The van der Waals surface area contributed by atoms with Gasteiger partial charge in [0.05, 0.1) is 12.5 Å². The van der Waals surface area contributed by atoms with E-state index in [4.69, 9.17) is 16.3 Å². The summed E-state index contributed by atoms with van der Waals surface area (Å²) in [5.41, 5.74) is 1.29. The summed E-state index contributed by atoms with van der Waals surface area (Å²) in [5, 5.41) is -0.651. The minimum Gasteiger partial charge on any atom is -0.496 e. The van der Waals surface area contributed by atoms with Crippen molar-refractivity contribution in [2.75, 3.05) is 7.11 Å². The van der Waals surface area contributed by atoms with Crippen molar-refractivity contribution < 1.29 is 13.5 Å². The number of methoxy groups -OCH3 is 1. The molecular weight excluding hydrogens is 282 g/mol.